The standard InChI is InChI=1S/C16H23N3S/c1-11-7-8-13(10-17)16(19-11)14(9-15(20)18-2)12-5-3-4-6-12/h7-8,12,14-15,18,20H,3-6,9H2,1-2H3. The number of aromatic nitrogens is 1. The molecule has 20 heavy (non-hydrogen) atoms. The summed E-state index contributed by atoms with van der Waals surface area (Å²) < 4.78 is 0. The van der Waals surface area contributed by atoms with Crippen molar-refractivity contribution >= 4 is 12.6 Å². The number of nitrogens with zero attached hydrogens (tertiary/aromatic N) is 2. The third-order valence-electron chi connectivity index (χ3n) is 4.31. The van der Waals surface area contributed by atoms with E-state index in [1.165, 1.54) is 25.7 Å². The number of pyridine rings is 1. The van der Waals surface area contributed by atoms with Crippen LogP contribution in [0.15, 0.2) is 12.1 Å². The Bertz CT molecular complexity index is 489. The molecule has 0 aromatic carbocycles. The van der Waals surface area contributed by atoms with E-state index in [0.29, 0.717) is 11.8 Å². The molecule has 0 saturated heterocycles. The van der Waals surface area contributed by atoms with E-state index in [1.54, 1.807) is 0 Å². The first-order valence-electron chi connectivity index (χ1n) is 7.38. The Morgan fingerprint density at radius 1 is 1.45 bits per heavy atom. The van der Waals surface area contributed by atoms with Crippen molar-refractivity contribution < 1.29 is 0 Å². The van der Waals surface area contributed by atoms with E-state index in [2.05, 4.69) is 24.0 Å². The zero-order valence-electron chi connectivity index (χ0n) is 12.3. The molecular weight excluding hydrogens is 266 g/mol. The van der Waals surface area contributed by atoms with Gasteiger partial charge in [-0.05, 0) is 51.3 Å². The van der Waals surface area contributed by atoms with Crippen LogP contribution in [-0.4, -0.2) is 17.4 Å². The average molecular weight is 289 g/mol. The summed E-state index contributed by atoms with van der Waals surface area (Å²) in [5, 5.41) is 12.7. The molecule has 0 spiro atoms. The first kappa shape index (κ1) is 15.3. The SMILES string of the molecule is CNC(S)CC(c1nc(C)ccc1C#N)C1CCCC1. The lowest BCUT2D eigenvalue weighted by atomic mass is 9.83. The van der Waals surface area contributed by atoms with Crippen LogP contribution < -0.4 is 5.32 Å². The normalized spacial score (nSPS) is 18.7. The second kappa shape index (κ2) is 7.10. The highest BCUT2D eigenvalue weighted by Crippen LogP contribution is 2.40. The van der Waals surface area contributed by atoms with E-state index in [1.807, 2.05) is 26.1 Å². The van der Waals surface area contributed by atoms with Crippen LogP contribution in [0.25, 0.3) is 0 Å². The number of nitrogens with one attached hydrogen (secondary N) is 1. The van der Waals surface area contributed by atoms with Gasteiger partial charge in [0, 0.05) is 11.6 Å². The molecule has 2 rings (SSSR count). The number of hydrogen-bond donors (Lipinski definition) is 2. The topological polar surface area (TPSA) is 48.7 Å². The van der Waals surface area contributed by atoms with E-state index in [-0.39, 0.29) is 5.37 Å². The molecule has 4 heteroatoms. The van der Waals surface area contributed by atoms with Crippen LogP contribution >= 0.6 is 12.6 Å². The number of hydrogen-bond acceptors (Lipinski definition) is 4. The van der Waals surface area contributed by atoms with Crippen molar-refractivity contribution in [1.82, 2.24) is 10.3 Å². The molecule has 0 amide bonds. The largest absolute Gasteiger partial charge is 0.309 e. The summed E-state index contributed by atoms with van der Waals surface area (Å²) in [5.41, 5.74) is 2.69. The van der Waals surface area contributed by atoms with Gasteiger partial charge in [-0.15, -0.1) is 0 Å². The minimum atomic E-state index is 0.148. The lowest BCUT2D eigenvalue weighted by Gasteiger charge is -2.26. The summed E-state index contributed by atoms with van der Waals surface area (Å²) in [5.74, 6) is 0.974. The van der Waals surface area contributed by atoms with Crippen molar-refractivity contribution in [3.63, 3.8) is 0 Å². The smallest absolute Gasteiger partial charge is 0.101 e. The van der Waals surface area contributed by atoms with Gasteiger partial charge in [0.15, 0.2) is 0 Å². The zero-order valence-corrected chi connectivity index (χ0v) is 13.2. The maximum Gasteiger partial charge on any atom is 0.101 e. The van der Waals surface area contributed by atoms with Gasteiger partial charge in [0.1, 0.15) is 6.07 Å². The number of nitriles is 1. The predicted octanol–water partition coefficient (Wildman–Crippen LogP) is 3.40. The van der Waals surface area contributed by atoms with Gasteiger partial charge in [0.05, 0.1) is 16.6 Å². The Labute approximate surface area is 127 Å². The van der Waals surface area contributed by atoms with Gasteiger partial charge in [-0.25, -0.2) is 0 Å². The molecular formula is C16H23N3S. The van der Waals surface area contributed by atoms with Gasteiger partial charge in [0.2, 0.25) is 0 Å². The van der Waals surface area contributed by atoms with Gasteiger partial charge in [-0.2, -0.15) is 17.9 Å². The van der Waals surface area contributed by atoms with Crippen LogP contribution in [-0.2, 0) is 0 Å². The van der Waals surface area contributed by atoms with Crippen LogP contribution in [0.2, 0.25) is 0 Å². The summed E-state index contributed by atoms with van der Waals surface area (Å²) in [6.07, 6.45) is 6.01. The fourth-order valence-corrected chi connectivity index (χ4v) is 3.43. The van der Waals surface area contributed by atoms with Crippen molar-refractivity contribution in [3.05, 3.63) is 29.1 Å². The van der Waals surface area contributed by atoms with Gasteiger partial charge < -0.3 is 5.32 Å². The average Bonchev–Trinajstić information content (AvgIpc) is 2.98. The highest BCUT2D eigenvalue weighted by Gasteiger charge is 2.30. The van der Waals surface area contributed by atoms with E-state index < -0.39 is 0 Å². The third kappa shape index (κ3) is 3.53. The Morgan fingerprint density at radius 2 is 2.15 bits per heavy atom. The second-order valence-corrected chi connectivity index (χ2v) is 6.31. The second-order valence-electron chi connectivity index (χ2n) is 5.69. The number of aryl methyl sites for hydroxylation is 1. The summed E-state index contributed by atoms with van der Waals surface area (Å²) in [6.45, 7) is 1.99. The molecule has 1 saturated carbocycles. The Hall–Kier alpha value is -1.05. The van der Waals surface area contributed by atoms with Crippen LogP contribution in [0, 0.1) is 24.2 Å². The van der Waals surface area contributed by atoms with Crippen LogP contribution in [0.4, 0.5) is 0 Å². The molecule has 1 N–H and O–H groups in total. The van der Waals surface area contributed by atoms with E-state index in [0.717, 1.165) is 23.4 Å². The molecule has 1 aliphatic rings. The van der Waals surface area contributed by atoms with Gasteiger partial charge in [-0.3, -0.25) is 4.98 Å². The lowest BCUT2D eigenvalue weighted by molar-refractivity contribution is 0.391. The number of rotatable bonds is 5. The monoisotopic (exact) mass is 289 g/mol. The van der Waals surface area contributed by atoms with E-state index in [4.69, 9.17) is 4.98 Å². The molecule has 2 atom stereocenters. The van der Waals surface area contributed by atoms with Gasteiger partial charge in [0.25, 0.3) is 0 Å². The van der Waals surface area contributed by atoms with E-state index >= 15 is 0 Å². The van der Waals surface area contributed by atoms with Crippen molar-refractivity contribution in [2.45, 2.75) is 50.3 Å². The molecule has 108 valence electrons. The van der Waals surface area contributed by atoms with Crippen molar-refractivity contribution in [1.29, 1.82) is 5.26 Å². The molecule has 1 aliphatic carbocycles. The highest BCUT2D eigenvalue weighted by atomic mass is 32.1. The molecule has 2 unspecified atom stereocenters. The third-order valence-corrected chi connectivity index (χ3v) is 4.78. The fourth-order valence-electron chi connectivity index (χ4n) is 3.20. The fraction of sp³-hybridized carbons (Fsp3) is 0.625. The van der Waals surface area contributed by atoms with Crippen LogP contribution in [0.3, 0.4) is 0 Å². The molecule has 0 aliphatic heterocycles. The first-order valence-corrected chi connectivity index (χ1v) is 7.90. The summed E-state index contributed by atoms with van der Waals surface area (Å²) in [7, 11) is 1.93. The van der Waals surface area contributed by atoms with Crippen molar-refractivity contribution in [2.75, 3.05) is 7.05 Å². The summed E-state index contributed by atoms with van der Waals surface area (Å²) in [6, 6.07) is 6.14. The molecule has 0 bridgehead atoms. The maximum absolute atomic E-state index is 9.37. The van der Waals surface area contributed by atoms with Crippen LogP contribution in [0.1, 0.15) is 55.0 Å². The molecule has 1 aromatic heterocycles. The van der Waals surface area contributed by atoms with E-state index in [9.17, 15) is 5.26 Å². The lowest BCUT2D eigenvalue weighted by Crippen LogP contribution is -2.25. The Morgan fingerprint density at radius 3 is 2.75 bits per heavy atom. The molecule has 0 radical (unpaired) electrons. The summed E-state index contributed by atoms with van der Waals surface area (Å²) in [4.78, 5) is 4.69. The molecule has 1 heterocycles. The molecule has 1 fully saturated rings. The highest BCUT2D eigenvalue weighted by molar-refractivity contribution is 7.80. The zero-order chi connectivity index (χ0) is 14.5. The van der Waals surface area contributed by atoms with Gasteiger partial charge >= 0.3 is 0 Å². The Kier molecular flexibility index (Phi) is 5.45. The number of thiol groups is 1. The molecule has 3 nitrogen and oxygen atoms in total. The van der Waals surface area contributed by atoms with Gasteiger partial charge in [-0.1, -0.05) is 12.8 Å². The minimum Gasteiger partial charge on any atom is -0.309 e. The Balaban J connectivity index is 2.34. The van der Waals surface area contributed by atoms with Crippen molar-refractivity contribution in [3.8, 4) is 6.07 Å². The maximum atomic E-state index is 9.37. The summed E-state index contributed by atoms with van der Waals surface area (Å²) >= 11 is 4.58. The quantitative estimate of drug-likeness (QED) is 0.645. The predicted molar refractivity (Wildman–Crippen MR) is 84.8 cm³/mol. The first-order chi connectivity index (χ1) is 9.65. The van der Waals surface area contributed by atoms with Crippen LogP contribution in [0.5, 0.6) is 0 Å². The molecule has 1 aromatic rings. The minimum absolute atomic E-state index is 0.148. The van der Waals surface area contributed by atoms with Crippen molar-refractivity contribution in [2.24, 2.45) is 5.92 Å².